The van der Waals surface area contributed by atoms with E-state index in [1.165, 1.54) is 4.90 Å². The van der Waals surface area contributed by atoms with Crippen molar-refractivity contribution in [2.45, 2.75) is 29.8 Å². The quantitative estimate of drug-likeness (QED) is 0.662. The number of thioether (sulfide) groups is 1. The number of nitrogens with zero attached hydrogens (tertiary/aromatic N) is 3. The Morgan fingerprint density at radius 3 is 2.31 bits per heavy atom. The van der Waals surface area contributed by atoms with Gasteiger partial charge >= 0.3 is 0 Å². The zero-order valence-electron chi connectivity index (χ0n) is 14.3. The van der Waals surface area contributed by atoms with Crippen LogP contribution in [0.2, 0.25) is 0 Å². The molecule has 0 bridgehead atoms. The molecule has 1 aromatic carbocycles. The second-order valence-corrected chi connectivity index (χ2v) is 7.97. The standard InChI is InChI=1S/C19H18N4O2S/c1-26-10-8-20-19(21-9-10)22-15-7-16(14-6-13(14)15)23-17(24)11-4-2-3-5-12(11)18(23)25/h2-5,8-9,13-16H,6-7H2,1H3,(H,20,21,22)/t13?,14-,15+,16+/m0/s1. The Morgan fingerprint density at radius 2 is 1.69 bits per heavy atom. The predicted molar refractivity (Wildman–Crippen MR) is 98.2 cm³/mol. The first kappa shape index (κ1) is 15.8. The van der Waals surface area contributed by atoms with Gasteiger partial charge in [-0.1, -0.05) is 12.1 Å². The van der Waals surface area contributed by atoms with E-state index >= 15 is 0 Å². The van der Waals surface area contributed by atoms with E-state index in [-0.39, 0.29) is 23.9 Å². The van der Waals surface area contributed by atoms with Gasteiger partial charge < -0.3 is 5.32 Å². The summed E-state index contributed by atoms with van der Waals surface area (Å²) in [5.41, 5.74) is 1.06. The van der Waals surface area contributed by atoms with Gasteiger partial charge in [0.1, 0.15) is 0 Å². The summed E-state index contributed by atoms with van der Waals surface area (Å²) in [6.45, 7) is 0. The molecule has 6 nitrogen and oxygen atoms in total. The van der Waals surface area contributed by atoms with Crippen molar-refractivity contribution in [2.24, 2.45) is 11.8 Å². The molecule has 1 unspecified atom stereocenters. The van der Waals surface area contributed by atoms with Crippen LogP contribution < -0.4 is 5.32 Å². The maximum Gasteiger partial charge on any atom is 0.261 e. The largest absolute Gasteiger partial charge is 0.351 e. The Morgan fingerprint density at radius 1 is 1.04 bits per heavy atom. The minimum Gasteiger partial charge on any atom is -0.351 e. The van der Waals surface area contributed by atoms with Crippen LogP contribution in [0.1, 0.15) is 33.6 Å². The van der Waals surface area contributed by atoms with Gasteiger partial charge in [-0.05, 0) is 43.1 Å². The molecule has 132 valence electrons. The molecule has 2 aliphatic carbocycles. The van der Waals surface area contributed by atoms with Crippen molar-refractivity contribution in [3.63, 3.8) is 0 Å². The van der Waals surface area contributed by atoms with Gasteiger partial charge in [0.05, 0.1) is 11.1 Å². The van der Waals surface area contributed by atoms with E-state index in [0.29, 0.717) is 28.9 Å². The number of amides is 2. The second-order valence-electron chi connectivity index (χ2n) is 7.09. The van der Waals surface area contributed by atoms with Crippen molar-refractivity contribution in [1.29, 1.82) is 0 Å². The number of anilines is 1. The third-order valence-corrected chi connectivity index (χ3v) is 6.42. The molecule has 2 amide bonds. The minimum absolute atomic E-state index is 0.0321. The van der Waals surface area contributed by atoms with E-state index in [1.54, 1.807) is 36.3 Å². The second kappa shape index (κ2) is 5.81. The summed E-state index contributed by atoms with van der Waals surface area (Å²) >= 11 is 1.61. The molecule has 4 atom stereocenters. The normalized spacial score (nSPS) is 28.9. The van der Waals surface area contributed by atoms with Gasteiger partial charge in [0.25, 0.3) is 11.8 Å². The van der Waals surface area contributed by atoms with Crippen LogP contribution in [-0.2, 0) is 0 Å². The summed E-state index contributed by atoms with van der Waals surface area (Å²) in [6.07, 6.45) is 7.40. The molecule has 1 aromatic heterocycles. The van der Waals surface area contributed by atoms with Gasteiger partial charge in [0, 0.05) is 29.4 Å². The van der Waals surface area contributed by atoms with Crippen LogP contribution in [-0.4, -0.2) is 45.0 Å². The third-order valence-electron chi connectivity index (χ3n) is 5.73. The third kappa shape index (κ3) is 2.34. The molecule has 2 fully saturated rings. The van der Waals surface area contributed by atoms with Crippen LogP contribution in [0.25, 0.3) is 0 Å². The molecule has 5 rings (SSSR count). The zero-order chi connectivity index (χ0) is 17.8. The lowest BCUT2D eigenvalue weighted by atomic mass is 10.1. The summed E-state index contributed by atoms with van der Waals surface area (Å²) in [4.78, 5) is 36.7. The first-order valence-electron chi connectivity index (χ1n) is 8.77. The van der Waals surface area contributed by atoms with Crippen LogP contribution in [0, 0.1) is 11.8 Å². The van der Waals surface area contributed by atoms with Crippen molar-refractivity contribution in [2.75, 3.05) is 11.6 Å². The lowest BCUT2D eigenvalue weighted by Gasteiger charge is -2.25. The van der Waals surface area contributed by atoms with Gasteiger partial charge in [-0.3, -0.25) is 14.5 Å². The van der Waals surface area contributed by atoms with E-state index in [1.807, 2.05) is 18.4 Å². The number of aromatic nitrogens is 2. The SMILES string of the molecule is CSc1cnc(N[C@@H]2C[C@@H](N3C(=O)c4ccccc4C3=O)[C@H]3CC23)nc1. The number of nitrogens with one attached hydrogen (secondary N) is 1. The van der Waals surface area contributed by atoms with Gasteiger partial charge in [0.2, 0.25) is 5.95 Å². The Labute approximate surface area is 155 Å². The van der Waals surface area contributed by atoms with E-state index in [0.717, 1.165) is 17.7 Å². The maximum absolute atomic E-state index is 12.8. The van der Waals surface area contributed by atoms with Crippen LogP contribution in [0.4, 0.5) is 5.95 Å². The van der Waals surface area contributed by atoms with Crippen LogP contribution in [0.3, 0.4) is 0 Å². The first-order chi connectivity index (χ1) is 12.7. The summed E-state index contributed by atoms with van der Waals surface area (Å²) in [7, 11) is 0. The highest BCUT2D eigenvalue weighted by atomic mass is 32.2. The number of benzene rings is 1. The predicted octanol–water partition coefficient (Wildman–Crippen LogP) is 2.68. The van der Waals surface area contributed by atoms with Gasteiger partial charge in [0.15, 0.2) is 0 Å². The Balaban J connectivity index is 1.34. The van der Waals surface area contributed by atoms with Crippen molar-refractivity contribution < 1.29 is 9.59 Å². The van der Waals surface area contributed by atoms with E-state index < -0.39 is 0 Å². The molecule has 26 heavy (non-hydrogen) atoms. The molecule has 0 radical (unpaired) electrons. The number of carbonyl (C=O) groups is 2. The zero-order valence-corrected chi connectivity index (χ0v) is 15.1. The average Bonchev–Trinajstić information content (AvgIpc) is 3.34. The average molecular weight is 366 g/mol. The smallest absolute Gasteiger partial charge is 0.261 e. The lowest BCUT2D eigenvalue weighted by Crippen LogP contribution is -2.41. The molecule has 0 saturated heterocycles. The number of hydrogen-bond donors (Lipinski definition) is 1. The molecular formula is C19H18N4O2S. The Hall–Kier alpha value is -2.41. The van der Waals surface area contributed by atoms with Gasteiger partial charge in [-0.15, -0.1) is 11.8 Å². The molecule has 2 saturated carbocycles. The lowest BCUT2D eigenvalue weighted by molar-refractivity contribution is 0.0569. The molecule has 0 spiro atoms. The van der Waals surface area contributed by atoms with E-state index in [9.17, 15) is 9.59 Å². The summed E-state index contributed by atoms with van der Waals surface area (Å²) < 4.78 is 0. The Bertz CT molecular complexity index is 866. The van der Waals surface area contributed by atoms with Crippen LogP contribution in [0.15, 0.2) is 41.6 Å². The highest BCUT2D eigenvalue weighted by molar-refractivity contribution is 7.98. The summed E-state index contributed by atoms with van der Waals surface area (Å²) in [5.74, 6) is 1.18. The molecule has 1 aliphatic heterocycles. The van der Waals surface area contributed by atoms with Crippen molar-refractivity contribution in [1.82, 2.24) is 14.9 Å². The monoisotopic (exact) mass is 366 g/mol. The molecule has 7 heteroatoms. The first-order valence-corrected chi connectivity index (χ1v) is 9.99. The number of fused-ring (bicyclic) bond motifs is 2. The fourth-order valence-electron chi connectivity index (χ4n) is 4.38. The summed E-state index contributed by atoms with van der Waals surface area (Å²) in [5, 5.41) is 3.41. The topological polar surface area (TPSA) is 75.2 Å². The highest BCUT2D eigenvalue weighted by Crippen LogP contribution is 2.55. The van der Waals surface area contributed by atoms with Gasteiger partial charge in [-0.2, -0.15) is 0 Å². The molecular weight excluding hydrogens is 348 g/mol. The van der Waals surface area contributed by atoms with Crippen molar-refractivity contribution in [3.05, 3.63) is 47.8 Å². The number of hydrogen-bond acceptors (Lipinski definition) is 6. The van der Waals surface area contributed by atoms with Gasteiger partial charge in [-0.25, -0.2) is 9.97 Å². The molecule has 3 aliphatic rings. The fraction of sp³-hybridized carbons (Fsp3) is 0.368. The van der Waals surface area contributed by atoms with E-state index in [2.05, 4.69) is 15.3 Å². The van der Waals surface area contributed by atoms with Crippen molar-refractivity contribution in [3.8, 4) is 0 Å². The van der Waals surface area contributed by atoms with Crippen LogP contribution >= 0.6 is 11.8 Å². The number of rotatable bonds is 4. The molecule has 2 heterocycles. The molecule has 1 N–H and O–H groups in total. The number of carbonyl (C=O) groups excluding carboxylic acids is 2. The summed E-state index contributed by atoms with van der Waals surface area (Å²) in [6, 6.07) is 7.27. The highest BCUT2D eigenvalue weighted by Gasteiger charge is 2.59. The van der Waals surface area contributed by atoms with Crippen LogP contribution in [0.5, 0.6) is 0 Å². The van der Waals surface area contributed by atoms with Crippen molar-refractivity contribution >= 4 is 29.5 Å². The maximum atomic E-state index is 12.8. The van der Waals surface area contributed by atoms with E-state index in [4.69, 9.17) is 0 Å². The minimum atomic E-state index is -0.150. The fourth-order valence-corrected chi connectivity index (χ4v) is 4.70. The molecule has 2 aromatic rings. The Kier molecular flexibility index (Phi) is 3.53. The number of imide groups is 1.